The molecule has 100 valence electrons. The van der Waals surface area contributed by atoms with E-state index < -0.39 is 0 Å². The van der Waals surface area contributed by atoms with E-state index in [1.807, 2.05) is 43.5 Å². The van der Waals surface area contributed by atoms with Crippen molar-refractivity contribution < 1.29 is 0 Å². The molecule has 3 rings (SSSR count). The number of anilines is 2. The van der Waals surface area contributed by atoms with Gasteiger partial charge in [0.1, 0.15) is 0 Å². The molecule has 1 N–H and O–H groups in total. The Balaban J connectivity index is 2.00. The van der Waals surface area contributed by atoms with Crippen LogP contribution in [0.2, 0.25) is 0 Å². The maximum atomic E-state index is 4.56. The zero-order chi connectivity index (χ0) is 13.9. The number of aromatic nitrogens is 2. The van der Waals surface area contributed by atoms with Crippen LogP contribution in [0.15, 0.2) is 60.8 Å². The topological polar surface area (TPSA) is 29.9 Å². The van der Waals surface area contributed by atoms with E-state index in [0.29, 0.717) is 0 Å². The number of imidazole rings is 1. The molecule has 0 bridgehead atoms. The van der Waals surface area contributed by atoms with Crippen LogP contribution < -0.4 is 5.32 Å². The van der Waals surface area contributed by atoms with E-state index in [1.54, 1.807) is 0 Å². The molecule has 0 saturated carbocycles. The molecule has 0 aliphatic carbocycles. The Hall–Kier alpha value is -1.82. The Morgan fingerprint density at radius 1 is 1.05 bits per heavy atom. The molecule has 20 heavy (non-hydrogen) atoms. The average molecular weight is 375 g/mol. The van der Waals surface area contributed by atoms with Crippen LogP contribution in [-0.2, 0) is 0 Å². The highest BCUT2D eigenvalue weighted by Gasteiger charge is 2.08. The molecule has 3 aromatic rings. The highest BCUT2D eigenvalue weighted by Crippen LogP contribution is 2.21. The molecule has 0 unspecified atom stereocenters. The zero-order valence-corrected chi connectivity index (χ0v) is 13.2. The number of rotatable bonds is 3. The first-order valence-electron chi connectivity index (χ1n) is 6.36. The van der Waals surface area contributed by atoms with Gasteiger partial charge in [-0.2, -0.15) is 0 Å². The van der Waals surface area contributed by atoms with Crippen LogP contribution >= 0.6 is 22.6 Å². The molecular weight excluding hydrogens is 361 g/mol. The van der Waals surface area contributed by atoms with Crippen molar-refractivity contribution in [3.63, 3.8) is 0 Å². The minimum atomic E-state index is 0.829. The van der Waals surface area contributed by atoms with Crippen LogP contribution in [0.4, 0.5) is 11.6 Å². The predicted molar refractivity (Wildman–Crippen MR) is 90.7 cm³/mol. The monoisotopic (exact) mass is 375 g/mol. The number of para-hydroxylation sites is 1. The van der Waals surface area contributed by atoms with Crippen molar-refractivity contribution in [1.29, 1.82) is 0 Å². The summed E-state index contributed by atoms with van der Waals surface area (Å²) >= 11 is 2.32. The lowest BCUT2D eigenvalue weighted by atomic mass is 10.3. The third kappa shape index (κ3) is 2.85. The van der Waals surface area contributed by atoms with Crippen LogP contribution in [0.5, 0.6) is 0 Å². The van der Waals surface area contributed by atoms with Gasteiger partial charge in [0, 0.05) is 21.1 Å². The van der Waals surface area contributed by atoms with E-state index in [1.165, 1.54) is 3.57 Å². The van der Waals surface area contributed by atoms with Gasteiger partial charge in [-0.15, -0.1) is 0 Å². The number of benzene rings is 2. The summed E-state index contributed by atoms with van der Waals surface area (Å²) < 4.78 is 3.28. The molecule has 0 radical (unpaired) electrons. The zero-order valence-electron chi connectivity index (χ0n) is 11.0. The summed E-state index contributed by atoms with van der Waals surface area (Å²) in [5.74, 6) is 0.829. The Morgan fingerprint density at radius 3 is 2.60 bits per heavy atom. The second-order valence-corrected chi connectivity index (χ2v) is 5.79. The number of nitrogens with one attached hydrogen (secondary N) is 1. The summed E-state index contributed by atoms with van der Waals surface area (Å²) in [6.07, 6.45) is 2.04. The van der Waals surface area contributed by atoms with Crippen LogP contribution in [0, 0.1) is 10.5 Å². The van der Waals surface area contributed by atoms with E-state index in [9.17, 15) is 0 Å². The third-order valence-corrected chi connectivity index (χ3v) is 3.61. The summed E-state index contributed by atoms with van der Waals surface area (Å²) in [5, 5.41) is 3.36. The lowest BCUT2D eigenvalue weighted by molar-refractivity contribution is 1.06. The number of nitrogens with zero attached hydrogens (tertiary/aromatic N) is 2. The molecular formula is C16H14IN3. The standard InChI is InChI=1S/C16H14IN3/c1-12-11-20(15-9-5-6-13(17)10-15)16(18-12)19-14-7-3-2-4-8-14/h2-11H,1H3,(H,18,19). The largest absolute Gasteiger partial charge is 0.325 e. The van der Waals surface area contributed by atoms with Gasteiger partial charge in [0.05, 0.1) is 5.69 Å². The number of hydrogen-bond donors (Lipinski definition) is 1. The lowest BCUT2D eigenvalue weighted by Crippen LogP contribution is -2.01. The van der Waals surface area contributed by atoms with Gasteiger partial charge in [-0.3, -0.25) is 4.57 Å². The van der Waals surface area contributed by atoms with Crippen LogP contribution in [0.3, 0.4) is 0 Å². The summed E-state index contributed by atoms with van der Waals surface area (Å²) in [6, 6.07) is 18.4. The fourth-order valence-electron chi connectivity index (χ4n) is 2.06. The number of aryl methyl sites for hydroxylation is 1. The molecule has 0 aliphatic rings. The third-order valence-electron chi connectivity index (χ3n) is 2.94. The second-order valence-electron chi connectivity index (χ2n) is 4.55. The highest BCUT2D eigenvalue weighted by atomic mass is 127. The fraction of sp³-hybridized carbons (Fsp3) is 0.0625. The maximum absolute atomic E-state index is 4.56. The van der Waals surface area contributed by atoms with Crippen molar-refractivity contribution in [3.8, 4) is 5.69 Å². The van der Waals surface area contributed by atoms with E-state index in [-0.39, 0.29) is 0 Å². The Bertz CT molecular complexity index is 720. The Morgan fingerprint density at radius 2 is 1.85 bits per heavy atom. The molecule has 0 aliphatic heterocycles. The molecule has 4 heteroatoms. The Kier molecular flexibility index (Phi) is 3.73. The fourth-order valence-corrected chi connectivity index (χ4v) is 2.59. The van der Waals surface area contributed by atoms with Gasteiger partial charge < -0.3 is 5.32 Å². The van der Waals surface area contributed by atoms with E-state index in [2.05, 4.69) is 61.7 Å². The van der Waals surface area contributed by atoms with Gasteiger partial charge in [0.2, 0.25) is 5.95 Å². The SMILES string of the molecule is Cc1cn(-c2cccc(I)c2)c(Nc2ccccc2)n1. The van der Waals surface area contributed by atoms with Crippen LogP contribution in [-0.4, -0.2) is 9.55 Å². The van der Waals surface area contributed by atoms with Crippen molar-refractivity contribution >= 4 is 34.2 Å². The second kappa shape index (κ2) is 5.66. The van der Waals surface area contributed by atoms with Gasteiger partial charge in [0.25, 0.3) is 0 Å². The summed E-state index contributed by atoms with van der Waals surface area (Å²) in [5.41, 5.74) is 3.13. The van der Waals surface area contributed by atoms with Gasteiger partial charge in [-0.25, -0.2) is 4.98 Å². The molecule has 2 aromatic carbocycles. The molecule has 1 heterocycles. The first-order valence-corrected chi connectivity index (χ1v) is 7.44. The smallest absolute Gasteiger partial charge is 0.212 e. The average Bonchev–Trinajstić information content (AvgIpc) is 2.81. The summed E-state index contributed by atoms with van der Waals surface area (Å²) in [7, 11) is 0. The molecule has 0 amide bonds. The Labute approximate surface area is 131 Å². The molecule has 0 saturated heterocycles. The van der Waals surface area contributed by atoms with E-state index in [0.717, 1.165) is 23.0 Å². The quantitative estimate of drug-likeness (QED) is 0.682. The number of halogens is 1. The van der Waals surface area contributed by atoms with Crippen LogP contribution in [0.1, 0.15) is 5.69 Å². The molecule has 0 spiro atoms. The predicted octanol–water partition coefficient (Wildman–Crippen LogP) is 4.53. The minimum absolute atomic E-state index is 0.829. The van der Waals surface area contributed by atoms with Gasteiger partial charge in [0.15, 0.2) is 0 Å². The van der Waals surface area contributed by atoms with Gasteiger partial charge >= 0.3 is 0 Å². The minimum Gasteiger partial charge on any atom is -0.325 e. The molecule has 0 fully saturated rings. The van der Waals surface area contributed by atoms with E-state index in [4.69, 9.17) is 0 Å². The van der Waals surface area contributed by atoms with Crippen molar-refractivity contribution in [2.24, 2.45) is 0 Å². The highest BCUT2D eigenvalue weighted by molar-refractivity contribution is 14.1. The van der Waals surface area contributed by atoms with Crippen molar-refractivity contribution in [3.05, 3.63) is 70.1 Å². The maximum Gasteiger partial charge on any atom is 0.212 e. The van der Waals surface area contributed by atoms with Crippen molar-refractivity contribution in [1.82, 2.24) is 9.55 Å². The lowest BCUT2D eigenvalue weighted by Gasteiger charge is -2.10. The summed E-state index contributed by atoms with van der Waals surface area (Å²) in [6.45, 7) is 2.00. The van der Waals surface area contributed by atoms with Crippen LogP contribution in [0.25, 0.3) is 5.69 Å². The van der Waals surface area contributed by atoms with E-state index >= 15 is 0 Å². The van der Waals surface area contributed by atoms with Gasteiger partial charge in [-0.1, -0.05) is 24.3 Å². The molecule has 0 atom stereocenters. The first kappa shape index (κ1) is 13.2. The normalized spacial score (nSPS) is 10.5. The van der Waals surface area contributed by atoms with Gasteiger partial charge in [-0.05, 0) is 59.8 Å². The first-order chi connectivity index (χ1) is 9.72. The molecule has 3 nitrogen and oxygen atoms in total. The van der Waals surface area contributed by atoms with Crippen molar-refractivity contribution in [2.45, 2.75) is 6.92 Å². The summed E-state index contributed by atoms with van der Waals surface area (Å²) in [4.78, 5) is 4.56. The van der Waals surface area contributed by atoms with Crippen molar-refractivity contribution in [2.75, 3.05) is 5.32 Å². The molecule has 1 aromatic heterocycles. The number of hydrogen-bond acceptors (Lipinski definition) is 2.